The van der Waals surface area contributed by atoms with Gasteiger partial charge in [-0.2, -0.15) is 0 Å². The van der Waals surface area contributed by atoms with E-state index in [-0.39, 0.29) is 30.2 Å². The molecule has 0 aromatic carbocycles. The van der Waals surface area contributed by atoms with Gasteiger partial charge in [-0.25, -0.2) is 4.79 Å². The van der Waals surface area contributed by atoms with Crippen LogP contribution < -0.4 is 5.32 Å². The molecule has 3 amide bonds. The van der Waals surface area contributed by atoms with Gasteiger partial charge < -0.3 is 20.2 Å². The largest absolute Gasteiger partial charge is 0.481 e. The maximum atomic E-state index is 13.0. The van der Waals surface area contributed by atoms with Crippen LogP contribution in [-0.4, -0.2) is 65.0 Å². The number of nitrogens with one attached hydrogen (secondary N) is 1. The lowest BCUT2D eigenvalue weighted by molar-refractivity contribution is -0.139. The van der Waals surface area contributed by atoms with Crippen LogP contribution in [0.25, 0.3) is 0 Å². The summed E-state index contributed by atoms with van der Waals surface area (Å²) in [5.41, 5.74) is 0. The predicted octanol–water partition coefficient (Wildman–Crippen LogP) is 2.45. The van der Waals surface area contributed by atoms with Crippen LogP contribution in [0.4, 0.5) is 4.79 Å². The van der Waals surface area contributed by atoms with Crippen molar-refractivity contribution in [2.24, 2.45) is 11.8 Å². The zero-order valence-electron chi connectivity index (χ0n) is 16.2. The summed E-state index contributed by atoms with van der Waals surface area (Å²) in [4.78, 5) is 40.1. The number of rotatable bonds is 5. The van der Waals surface area contributed by atoms with Gasteiger partial charge in [0.2, 0.25) is 5.91 Å². The SMILES string of the molecule is O=C(O)CCC1CCCN(C(=O)C2CCCN(C(=O)NC3CCCC3)C2)C1. The Morgan fingerprint density at radius 2 is 1.59 bits per heavy atom. The Kier molecular flexibility index (Phi) is 6.96. The smallest absolute Gasteiger partial charge is 0.317 e. The van der Waals surface area contributed by atoms with Gasteiger partial charge in [-0.3, -0.25) is 9.59 Å². The van der Waals surface area contributed by atoms with Crippen LogP contribution in [0.15, 0.2) is 0 Å². The number of urea groups is 1. The molecule has 1 aliphatic carbocycles. The number of likely N-dealkylation sites (tertiary alicyclic amines) is 2. The summed E-state index contributed by atoms with van der Waals surface area (Å²) in [6.45, 7) is 2.65. The standard InChI is InChI=1S/C20H33N3O4/c24-18(25)10-9-15-5-3-11-22(13-15)19(26)16-6-4-12-23(14-16)20(27)21-17-7-1-2-8-17/h15-17H,1-14H2,(H,21,27)(H,24,25). The molecule has 7 nitrogen and oxygen atoms in total. The average molecular weight is 380 g/mol. The number of carbonyl (C=O) groups is 3. The van der Waals surface area contributed by atoms with E-state index in [1.165, 1.54) is 12.8 Å². The molecule has 2 N–H and O–H groups in total. The third-order valence-electron chi connectivity index (χ3n) is 6.34. The number of piperidine rings is 2. The van der Waals surface area contributed by atoms with Crippen LogP contribution in [-0.2, 0) is 9.59 Å². The van der Waals surface area contributed by atoms with E-state index in [0.717, 1.165) is 51.6 Å². The third-order valence-corrected chi connectivity index (χ3v) is 6.34. The van der Waals surface area contributed by atoms with Gasteiger partial charge in [0.1, 0.15) is 0 Å². The Morgan fingerprint density at radius 1 is 0.889 bits per heavy atom. The maximum Gasteiger partial charge on any atom is 0.317 e. The van der Waals surface area contributed by atoms with Crippen LogP contribution in [0.2, 0.25) is 0 Å². The molecule has 2 heterocycles. The van der Waals surface area contributed by atoms with Crippen LogP contribution in [0.1, 0.15) is 64.2 Å². The van der Waals surface area contributed by atoms with E-state index < -0.39 is 5.97 Å². The molecule has 1 saturated carbocycles. The predicted molar refractivity (Wildman–Crippen MR) is 101 cm³/mol. The van der Waals surface area contributed by atoms with Gasteiger partial charge in [0, 0.05) is 38.6 Å². The van der Waals surface area contributed by atoms with Crippen LogP contribution >= 0.6 is 0 Å². The molecule has 2 atom stereocenters. The molecule has 3 aliphatic rings. The minimum atomic E-state index is -0.769. The number of carboxylic acid groups (broad SMARTS) is 1. The summed E-state index contributed by atoms with van der Waals surface area (Å²) in [5.74, 6) is -0.460. The second kappa shape index (κ2) is 9.42. The molecule has 0 spiro atoms. The van der Waals surface area contributed by atoms with Gasteiger partial charge in [-0.1, -0.05) is 12.8 Å². The normalized spacial score (nSPS) is 26.8. The summed E-state index contributed by atoms with van der Waals surface area (Å²) in [6.07, 6.45) is 8.94. The second-order valence-electron chi connectivity index (χ2n) is 8.44. The Hall–Kier alpha value is -1.79. The van der Waals surface area contributed by atoms with E-state index in [4.69, 9.17) is 5.11 Å². The van der Waals surface area contributed by atoms with Gasteiger partial charge in [0.25, 0.3) is 0 Å². The average Bonchev–Trinajstić information content (AvgIpc) is 3.19. The van der Waals surface area contributed by atoms with Crippen molar-refractivity contribution < 1.29 is 19.5 Å². The van der Waals surface area contributed by atoms with E-state index in [1.54, 1.807) is 0 Å². The Morgan fingerprint density at radius 3 is 2.33 bits per heavy atom. The quantitative estimate of drug-likeness (QED) is 0.768. The fraction of sp³-hybridized carbons (Fsp3) is 0.850. The lowest BCUT2D eigenvalue weighted by Gasteiger charge is -2.38. The summed E-state index contributed by atoms with van der Waals surface area (Å²) in [5, 5.41) is 12.0. The molecule has 0 aromatic heterocycles. The van der Waals surface area contributed by atoms with Crippen molar-refractivity contribution in [2.45, 2.75) is 70.3 Å². The van der Waals surface area contributed by atoms with Crippen molar-refractivity contribution >= 4 is 17.9 Å². The first-order valence-electron chi connectivity index (χ1n) is 10.6. The minimum Gasteiger partial charge on any atom is -0.481 e. The molecule has 2 unspecified atom stereocenters. The fourth-order valence-corrected chi connectivity index (χ4v) is 4.79. The van der Waals surface area contributed by atoms with Crippen molar-refractivity contribution in [2.75, 3.05) is 26.2 Å². The summed E-state index contributed by atoms with van der Waals surface area (Å²) in [6, 6.07) is 0.281. The monoisotopic (exact) mass is 379 g/mol. The molecular formula is C20H33N3O4. The first-order chi connectivity index (χ1) is 13.0. The molecule has 2 saturated heterocycles. The van der Waals surface area contributed by atoms with Gasteiger partial charge >= 0.3 is 12.0 Å². The van der Waals surface area contributed by atoms with Crippen molar-refractivity contribution in [3.05, 3.63) is 0 Å². The van der Waals surface area contributed by atoms with Crippen LogP contribution in [0, 0.1) is 11.8 Å². The molecule has 3 rings (SSSR count). The molecule has 3 fully saturated rings. The lowest BCUT2D eigenvalue weighted by atomic mass is 9.91. The van der Waals surface area contributed by atoms with Crippen molar-refractivity contribution in [3.63, 3.8) is 0 Å². The molecule has 0 bridgehead atoms. The number of nitrogens with zero attached hydrogens (tertiary/aromatic N) is 2. The highest BCUT2D eigenvalue weighted by Crippen LogP contribution is 2.26. The topological polar surface area (TPSA) is 90.0 Å². The van der Waals surface area contributed by atoms with Crippen molar-refractivity contribution in [1.29, 1.82) is 0 Å². The van der Waals surface area contributed by atoms with E-state index in [9.17, 15) is 14.4 Å². The van der Waals surface area contributed by atoms with Gasteiger partial charge in [-0.05, 0) is 50.9 Å². The number of amides is 3. The van der Waals surface area contributed by atoms with Gasteiger partial charge in [0.15, 0.2) is 0 Å². The number of hydrogen-bond acceptors (Lipinski definition) is 3. The van der Waals surface area contributed by atoms with Crippen molar-refractivity contribution in [1.82, 2.24) is 15.1 Å². The number of hydrogen-bond donors (Lipinski definition) is 2. The molecule has 152 valence electrons. The summed E-state index contributed by atoms with van der Waals surface area (Å²) < 4.78 is 0. The molecule has 0 radical (unpaired) electrons. The first kappa shape index (κ1) is 20.0. The maximum absolute atomic E-state index is 13.0. The highest BCUT2D eigenvalue weighted by Gasteiger charge is 2.34. The third kappa shape index (κ3) is 5.59. The van der Waals surface area contributed by atoms with Crippen molar-refractivity contribution in [3.8, 4) is 0 Å². The second-order valence-corrected chi connectivity index (χ2v) is 8.44. The molecule has 2 aliphatic heterocycles. The van der Waals surface area contributed by atoms with Gasteiger partial charge in [-0.15, -0.1) is 0 Å². The molecule has 0 aromatic rings. The Balaban J connectivity index is 1.49. The van der Waals surface area contributed by atoms with E-state index in [2.05, 4.69) is 5.32 Å². The highest BCUT2D eigenvalue weighted by atomic mass is 16.4. The van der Waals surface area contributed by atoms with Gasteiger partial charge in [0.05, 0.1) is 5.92 Å². The van der Waals surface area contributed by atoms with Crippen LogP contribution in [0.3, 0.4) is 0 Å². The van der Waals surface area contributed by atoms with E-state index in [1.807, 2.05) is 9.80 Å². The number of aliphatic carboxylic acids is 1. The van der Waals surface area contributed by atoms with E-state index in [0.29, 0.717) is 25.6 Å². The fourth-order valence-electron chi connectivity index (χ4n) is 4.79. The number of carboxylic acids is 1. The van der Waals surface area contributed by atoms with Crippen LogP contribution in [0.5, 0.6) is 0 Å². The summed E-state index contributed by atoms with van der Waals surface area (Å²) in [7, 11) is 0. The summed E-state index contributed by atoms with van der Waals surface area (Å²) >= 11 is 0. The molecule has 27 heavy (non-hydrogen) atoms. The van der Waals surface area contributed by atoms with E-state index >= 15 is 0 Å². The number of carbonyl (C=O) groups excluding carboxylic acids is 2. The highest BCUT2D eigenvalue weighted by molar-refractivity contribution is 5.81. The Bertz CT molecular complexity index is 547. The zero-order valence-corrected chi connectivity index (χ0v) is 16.2. The lowest BCUT2D eigenvalue weighted by Crippen LogP contribution is -2.52. The first-order valence-corrected chi connectivity index (χ1v) is 10.6. The Labute approximate surface area is 161 Å². The molecular weight excluding hydrogens is 346 g/mol. The molecule has 7 heteroatoms. The minimum absolute atomic E-state index is 0.0163. The zero-order chi connectivity index (χ0) is 19.2.